The molecule has 1 unspecified atom stereocenters. The standard InChI is InChI=1S/C18H19N3/c1-3-13-6-4-11-21-18(13)17(19-2)15-8-9-16-14(12-15)7-5-10-20-16/h4-12,17,19H,3H2,1-2H3. The third kappa shape index (κ3) is 2.65. The van der Waals surface area contributed by atoms with E-state index in [0.717, 1.165) is 23.0 Å². The number of hydrogen-bond donors (Lipinski definition) is 1. The van der Waals surface area contributed by atoms with E-state index < -0.39 is 0 Å². The Kier molecular flexibility index (Phi) is 3.93. The summed E-state index contributed by atoms with van der Waals surface area (Å²) in [6, 6.07) is 14.7. The van der Waals surface area contributed by atoms with Gasteiger partial charge in [-0.3, -0.25) is 9.97 Å². The summed E-state index contributed by atoms with van der Waals surface area (Å²) < 4.78 is 0. The van der Waals surface area contributed by atoms with Crippen molar-refractivity contribution >= 4 is 10.9 Å². The maximum atomic E-state index is 4.60. The number of fused-ring (bicyclic) bond motifs is 1. The molecule has 3 aromatic rings. The number of hydrogen-bond acceptors (Lipinski definition) is 3. The fourth-order valence-corrected chi connectivity index (χ4v) is 2.74. The first-order chi connectivity index (χ1) is 10.3. The second kappa shape index (κ2) is 6.02. The lowest BCUT2D eigenvalue weighted by molar-refractivity contribution is 0.663. The Bertz CT molecular complexity index is 752. The van der Waals surface area contributed by atoms with E-state index in [1.54, 1.807) is 0 Å². The second-order valence-electron chi connectivity index (χ2n) is 5.08. The number of pyridine rings is 2. The summed E-state index contributed by atoms with van der Waals surface area (Å²) in [6.07, 6.45) is 4.67. The Balaban J connectivity index is 2.09. The zero-order valence-electron chi connectivity index (χ0n) is 12.4. The van der Waals surface area contributed by atoms with Gasteiger partial charge in [-0.05, 0) is 48.9 Å². The van der Waals surface area contributed by atoms with Gasteiger partial charge in [-0.1, -0.05) is 25.1 Å². The predicted molar refractivity (Wildman–Crippen MR) is 86.3 cm³/mol. The summed E-state index contributed by atoms with van der Waals surface area (Å²) in [6.45, 7) is 2.16. The van der Waals surface area contributed by atoms with E-state index in [1.807, 2.05) is 31.6 Å². The fourth-order valence-electron chi connectivity index (χ4n) is 2.74. The van der Waals surface area contributed by atoms with Crippen LogP contribution in [-0.4, -0.2) is 17.0 Å². The quantitative estimate of drug-likeness (QED) is 0.793. The molecule has 0 aliphatic carbocycles. The normalized spacial score (nSPS) is 12.5. The number of aromatic nitrogens is 2. The number of benzene rings is 1. The van der Waals surface area contributed by atoms with Crippen LogP contribution in [0.15, 0.2) is 54.9 Å². The molecule has 0 aliphatic rings. The van der Waals surface area contributed by atoms with Gasteiger partial charge >= 0.3 is 0 Å². The molecule has 0 aliphatic heterocycles. The maximum Gasteiger partial charge on any atom is 0.0752 e. The molecule has 3 heteroatoms. The van der Waals surface area contributed by atoms with Crippen molar-refractivity contribution in [1.82, 2.24) is 15.3 Å². The van der Waals surface area contributed by atoms with Crippen LogP contribution in [0.5, 0.6) is 0 Å². The first kappa shape index (κ1) is 13.7. The lowest BCUT2D eigenvalue weighted by Crippen LogP contribution is -2.20. The van der Waals surface area contributed by atoms with Crippen molar-refractivity contribution in [3.05, 3.63) is 71.7 Å². The van der Waals surface area contributed by atoms with Crippen molar-refractivity contribution in [1.29, 1.82) is 0 Å². The summed E-state index contributed by atoms with van der Waals surface area (Å²) in [5.41, 5.74) is 4.62. The third-order valence-corrected chi connectivity index (χ3v) is 3.83. The molecule has 3 nitrogen and oxygen atoms in total. The molecule has 0 fully saturated rings. The number of rotatable bonds is 4. The van der Waals surface area contributed by atoms with Crippen LogP contribution in [0, 0.1) is 0 Å². The van der Waals surface area contributed by atoms with Crippen LogP contribution in [0.3, 0.4) is 0 Å². The topological polar surface area (TPSA) is 37.8 Å². The molecule has 0 saturated heterocycles. The molecular weight excluding hydrogens is 258 g/mol. The van der Waals surface area contributed by atoms with E-state index in [1.165, 1.54) is 11.1 Å². The summed E-state index contributed by atoms with van der Waals surface area (Å²) >= 11 is 0. The molecule has 0 saturated carbocycles. The minimum atomic E-state index is 0.103. The maximum absolute atomic E-state index is 4.60. The molecular formula is C18H19N3. The molecule has 1 aromatic carbocycles. The van der Waals surface area contributed by atoms with Crippen LogP contribution >= 0.6 is 0 Å². The molecule has 3 rings (SSSR count). The minimum Gasteiger partial charge on any atom is -0.308 e. The summed E-state index contributed by atoms with van der Waals surface area (Å²) in [5, 5.41) is 4.55. The Morgan fingerprint density at radius 3 is 2.67 bits per heavy atom. The van der Waals surface area contributed by atoms with Crippen LogP contribution in [0.1, 0.15) is 29.8 Å². The first-order valence-corrected chi connectivity index (χ1v) is 7.29. The molecule has 1 N–H and O–H groups in total. The van der Waals surface area contributed by atoms with Gasteiger partial charge in [0.05, 0.1) is 17.3 Å². The highest BCUT2D eigenvalue weighted by Gasteiger charge is 2.16. The number of aryl methyl sites for hydroxylation is 1. The molecule has 106 valence electrons. The SMILES string of the molecule is CCc1cccnc1C(NC)c1ccc2ncccc2c1. The highest BCUT2D eigenvalue weighted by molar-refractivity contribution is 5.79. The van der Waals surface area contributed by atoms with Crippen LogP contribution in [0.2, 0.25) is 0 Å². The van der Waals surface area contributed by atoms with Gasteiger partial charge in [-0.25, -0.2) is 0 Å². The Morgan fingerprint density at radius 2 is 1.86 bits per heavy atom. The van der Waals surface area contributed by atoms with Crippen molar-refractivity contribution in [2.45, 2.75) is 19.4 Å². The van der Waals surface area contributed by atoms with E-state index in [-0.39, 0.29) is 6.04 Å². The van der Waals surface area contributed by atoms with Gasteiger partial charge in [0.15, 0.2) is 0 Å². The molecule has 0 bridgehead atoms. The zero-order valence-corrected chi connectivity index (χ0v) is 12.4. The molecule has 0 radical (unpaired) electrons. The summed E-state index contributed by atoms with van der Waals surface area (Å²) in [4.78, 5) is 8.98. The average Bonchev–Trinajstić information content (AvgIpc) is 2.56. The van der Waals surface area contributed by atoms with Gasteiger partial charge in [-0.2, -0.15) is 0 Å². The molecule has 2 heterocycles. The second-order valence-corrected chi connectivity index (χ2v) is 5.08. The average molecular weight is 277 g/mol. The third-order valence-electron chi connectivity index (χ3n) is 3.83. The number of nitrogens with one attached hydrogen (secondary N) is 1. The molecule has 0 amide bonds. The van der Waals surface area contributed by atoms with Crippen molar-refractivity contribution in [3.63, 3.8) is 0 Å². The van der Waals surface area contributed by atoms with E-state index in [9.17, 15) is 0 Å². The zero-order chi connectivity index (χ0) is 14.7. The van der Waals surface area contributed by atoms with Gasteiger partial charge < -0.3 is 5.32 Å². The van der Waals surface area contributed by atoms with Gasteiger partial charge in [0, 0.05) is 17.8 Å². The van der Waals surface area contributed by atoms with Crippen LogP contribution in [0.4, 0.5) is 0 Å². The molecule has 2 aromatic heterocycles. The smallest absolute Gasteiger partial charge is 0.0752 e. The first-order valence-electron chi connectivity index (χ1n) is 7.29. The van der Waals surface area contributed by atoms with Crippen LogP contribution < -0.4 is 5.32 Å². The summed E-state index contributed by atoms with van der Waals surface area (Å²) in [5.74, 6) is 0. The minimum absolute atomic E-state index is 0.103. The molecule has 1 atom stereocenters. The predicted octanol–water partition coefficient (Wildman–Crippen LogP) is 3.50. The van der Waals surface area contributed by atoms with Crippen molar-refractivity contribution in [2.75, 3.05) is 7.05 Å². The lowest BCUT2D eigenvalue weighted by Gasteiger charge is -2.19. The van der Waals surface area contributed by atoms with Gasteiger partial charge in [0.25, 0.3) is 0 Å². The van der Waals surface area contributed by atoms with Gasteiger partial charge in [0.1, 0.15) is 0 Å². The largest absolute Gasteiger partial charge is 0.308 e. The Labute approximate surface area is 125 Å². The number of nitrogens with zero attached hydrogens (tertiary/aromatic N) is 2. The van der Waals surface area contributed by atoms with E-state index in [4.69, 9.17) is 0 Å². The molecule has 0 spiro atoms. The highest BCUT2D eigenvalue weighted by Crippen LogP contribution is 2.25. The summed E-state index contributed by atoms with van der Waals surface area (Å²) in [7, 11) is 1.98. The van der Waals surface area contributed by atoms with E-state index in [2.05, 4.69) is 52.5 Å². The monoisotopic (exact) mass is 277 g/mol. The van der Waals surface area contributed by atoms with Crippen molar-refractivity contribution < 1.29 is 0 Å². The fraction of sp³-hybridized carbons (Fsp3) is 0.222. The van der Waals surface area contributed by atoms with E-state index >= 15 is 0 Å². The van der Waals surface area contributed by atoms with E-state index in [0.29, 0.717) is 0 Å². The Hall–Kier alpha value is -2.26. The van der Waals surface area contributed by atoms with Crippen molar-refractivity contribution in [2.24, 2.45) is 0 Å². The Morgan fingerprint density at radius 1 is 1.05 bits per heavy atom. The van der Waals surface area contributed by atoms with Crippen molar-refractivity contribution in [3.8, 4) is 0 Å². The highest BCUT2D eigenvalue weighted by atomic mass is 14.9. The van der Waals surface area contributed by atoms with Gasteiger partial charge in [0.2, 0.25) is 0 Å². The molecule has 21 heavy (non-hydrogen) atoms. The lowest BCUT2D eigenvalue weighted by atomic mass is 9.97. The van der Waals surface area contributed by atoms with Crippen LogP contribution in [-0.2, 0) is 6.42 Å². The van der Waals surface area contributed by atoms with Gasteiger partial charge in [-0.15, -0.1) is 0 Å². The van der Waals surface area contributed by atoms with Crippen LogP contribution in [0.25, 0.3) is 10.9 Å².